The van der Waals surface area contributed by atoms with E-state index in [2.05, 4.69) is 12.2 Å². The molecule has 5 nitrogen and oxygen atoms in total. The third kappa shape index (κ3) is 3.82. The molecule has 1 atom stereocenters. The van der Waals surface area contributed by atoms with E-state index in [-0.39, 0.29) is 18.6 Å². The number of aryl methyl sites for hydroxylation is 1. The van der Waals surface area contributed by atoms with Crippen molar-refractivity contribution in [3.8, 4) is 0 Å². The SMILES string of the molecule is C[C@@H]1CCc2nc3ccccc3c(C(=O)OCC(=O)NC3CCCC3)c2C1. The second kappa shape index (κ2) is 7.67. The number of ether oxygens (including phenoxy) is 1. The molecule has 1 amide bonds. The minimum atomic E-state index is -0.416. The van der Waals surface area contributed by atoms with Gasteiger partial charge in [0.1, 0.15) is 0 Å². The first-order valence-electron chi connectivity index (χ1n) is 9.99. The molecule has 0 saturated heterocycles. The number of nitrogens with zero attached hydrogens (tertiary/aromatic N) is 1. The van der Waals surface area contributed by atoms with E-state index >= 15 is 0 Å². The fourth-order valence-corrected chi connectivity index (χ4v) is 4.34. The Morgan fingerprint density at radius 3 is 2.78 bits per heavy atom. The summed E-state index contributed by atoms with van der Waals surface area (Å²) >= 11 is 0. The molecule has 1 aromatic heterocycles. The van der Waals surface area contributed by atoms with Crippen LogP contribution < -0.4 is 5.32 Å². The zero-order valence-corrected chi connectivity index (χ0v) is 15.8. The number of benzene rings is 1. The van der Waals surface area contributed by atoms with E-state index in [9.17, 15) is 9.59 Å². The summed E-state index contributed by atoms with van der Waals surface area (Å²) in [6, 6.07) is 7.91. The molecule has 142 valence electrons. The van der Waals surface area contributed by atoms with Crippen molar-refractivity contribution in [3.63, 3.8) is 0 Å². The number of para-hydroxylation sites is 1. The number of rotatable bonds is 4. The maximum absolute atomic E-state index is 12.9. The quantitative estimate of drug-likeness (QED) is 0.840. The maximum atomic E-state index is 12.9. The van der Waals surface area contributed by atoms with Gasteiger partial charge in [-0.05, 0) is 49.7 Å². The lowest BCUT2D eigenvalue weighted by Crippen LogP contribution is -2.36. The Bertz CT molecular complexity index is 871. The van der Waals surface area contributed by atoms with Crippen LogP contribution in [-0.2, 0) is 22.4 Å². The Labute approximate surface area is 159 Å². The van der Waals surface area contributed by atoms with Crippen LogP contribution in [0.4, 0.5) is 0 Å². The minimum Gasteiger partial charge on any atom is -0.452 e. The Morgan fingerprint density at radius 1 is 1.19 bits per heavy atom. The first-order chi connectivity index (χ1) is 13.1. The number of pyridine rings is 1. The van der Waals surface area contributed by atoms with Crippen LogP contribution in [0.25, 0.3) is 10.9 Å². The molecule has 1 aromatic carbocycles. The smallest absolute Gasteiger partial charge is 0.339 e. The number of nitrogens with one attached hydrogen (secondary N) is 1. The van der Waals surface area contributed by atoms with Crippen molar-refractivity contribution in [3.05, 3.63) is 41.1 Å². The molecule has 1 heterocycles. The van der Waals surface area contributed by atoms with Crippen LogP contribution in [0.5, 0.6) is 0 Å². The van der Waals surface area contributed by atoms with Crippen molar-refractivity contribution in [2.45, 2.75) is 57.9 Å². The van der Waals surface area contributed by atoms with Crippen molar-refractivity contribution in [1.82, 2.24) is 10.3 Å². The van der Waals surface area contributed by atoms with E-state index in [1.807, 2.05) is 24.3 Å². The van der Waals surface area contributed by atoms with Crippen LogP contribution in [0.3, 0.4) is 0 Å². The van der Waals surface area contributed by atoms with Gasteiger partial charge in [-0.15, -0.1) is 0 Å². The molecule has 1 saturated carbocycles. The predicted octanol–water partition coefficient (Wildman–Crippen LogP) is 3.58. The average molecular weight is 366 g/mol. The summed E-state index contributed by atoms with van der Waals surface area (Å²) in [4.78, 5) is 29.9. The summed E-state index contributed by atoms with van der Waals surface area (Å²) in [6.45, 7) is 1.97. The number of hydrogen-bond donors (Lipinski definition) is 1. The average Bonchev–Trinajstić information content (AvgIpc) is 3.17. The number of carbonyl (C=O) groups is 2. The van der Waals surface area contributed by atoms with Gasteiger partial charge >= 0.3 is 5.97 Å². The van der Waals surface area contributed by atoms with Crippen LogP contribution in [0.15, 0.2) is 24.3 Å². The summed E-state index contributed by atoms with van der Waals surface area (Å²) in [5.74, 6) is -0.117. The van der Waals surface area contributed by atoms with Crippen LogP contribution >= 0.6 is 0 Å². The van der Waals surface area contributed by atoms with Gasteiger partial charge in [-0.25, -0.2) is 4.79 Å². The van der Waals surface area contributed by atoms with Gasteiger partial charge in [-0.2, -0.15) is 0 Å². The molecule has 0 aliphatic heterocycles. The standard InChI is InChI=1S/C22H26N2O3/c1-14-10-11-19-17(12-14)21(16-8-4-5-9-18(16)24-19)22(26)27-13-20(25)23-15-6-2-3-7-15/h4-5,8-9,14-15H,2-3,6-7,10-13H2,1H3,(H,23,25)/t14-/m1/s1. The highest BCUT2D eigenvalue weighted by molar-refractivity contribution is 6.05. The Hall–Kier alpha value is -2.43. The molecule has 5 heteroatoms. The summed E-state index contributed by atoms with van der Waals surface area (Å²) < 4.78 is 5.43. The van der Waals surface area contributed by atoms with Crippen LogP contribution in [0, 0.1) is 5.92 Å². The molecule has 1 fully saturated rings. The Kier molecular flexibility index (Phi) is 5.10. The van der Waals surface area contributed by atoms with Gasteiger partial charge in [0.2, 0.25) is 0 Å². The van der Waals surface area contributed by atoms with Gasteiger partial charge < -0.3 is 10.1 Å². The van der Waals surface area contributed by atoms with E-state index in [0.717, 1.165) is 67.1 Å². The molecule has 0 bridgehead atoms. The zero-order valence-electron chi connectivity index (χ0n) is 15.8. The van der Waals surface area contributed by atoms with Gasteiger partial charge in [-0.3, -0.25) is 9.78 Å². The Balaban J connectivity index is 1.57. The van der Waals surface area contributed by atoms with Crippen molar-refractivity contribution in [2.24, 2.45) is 5.92 Å². The van der Waals surface area contributed by atoms with E-state index in [4.69, 9.17) is 9.72 Å². The lowest BCUT2D eigenvalue weighted by atomic mass is 9.84. The van der Waals surface area contributed by atoms with Crippen LogP contribution in [-0.4, -0.2) is 29.5 Å². The van der Waals surface area contributed by atoms with Gasteiger partial charge in [-0.1, -0.05) is 38.0 Å². The third-order valence-corrected chi connectivity index (χ3v) is 5.76. The van der Waals surface area contributed by atoms with E-state index < -0.39 is 5.97 Å². The predicted molar refractivity (Wildman–Crippen MR) is 104 cm³/mol. The first-order valence-corrected chi connectivity index (χ1v) is 9.99. The largest absolute Gasteiger partial charge is 0.452 e. The molecule has 0 unspecified atom stereocenters. The summed E-state index contributed by atoms with van der Waals surface area (Å²) in [6.07, 6.45) is 7.11. The van der Waals surface area contributed by atoms with Crippen LogP contribution in [0.1, 0.15) is 60.6 Å². The molecule has 2 aliphatic carbocycles. The van der Waals surface area contributed by atoms with Crippen molar-refractivity contribution in [2.75, 3.05) is 6.61 Å². The molecule has 0 spiro atoms. The minimum absolute atomic E-state index is 0.212. The number of esters is 1. The topological polar surface area (TPSA) is 68.3 Å². The monoisotopic (exact) mass is 366 g/mol. The summed E-state index contributed by atoms with van der Waals surface area (Å²) in [5.41, 5.74) is 3.40. The van der Waals surface area contributed by atoms with E-state index in [1.165, 1.54) is 0 Å². The highest BCUT2D eigenvalue weighted by Gasteiger charge is 2.26. The lowest BCUT2D eigenvalue weighted by Gasteiger charge is -2.24. The highest BCUT2D eigenvalue weighted by Crippen LogP contribution is 2.32. The maximum Gasteiger partial charge on any atom is 0.339 e. The van der Waals surface area contributed by atoms with Gasteiger partial charge in [0.25, 0.3) is 5.91 Å². The molecule has 0 radical (unpaired) electrons. The molecular formula is C22H26N2O3. The molecule has 2 aliphatic rings. The summed E-state index contributed by atoms with van der Waals surface area (Å²) in [7, 11) is 0. The molecule has 27 heavy (non-hydrogen) atoms. The number of fused-ring (bicyclic) bond motifs is 2. The third-order valence-electron chi connectivity index (χ3n) is 5.76. The van der Waals surface area contributed by atoms with E-state index in [1.54, 1.807) is 0 Å². The summed E-state index contributed by atoms with van der Waals surface area (Å²) in [5, 5.41) is 3.78. The highest BCUT2D eigenvalue weighted by atomic mass is 16.5. The Morgan fingerprint density at radius 2 is 1.96 bits per heavy atom. The lowest BCUT2D eigenvalue weighted by molar-refractivity contribution is -0.124. The second-order valence-electron chi connectivity index (χ2n) is 7.90. The van der Waals surface area contributed by atoms with Crippen molar-refractivity contribution >= 4 is 22.8 Å². The number of carbonyl (C=O) groups excluding carboxylic acids is 2. The van der Waals surface area contributed by atoms with Gasteiger partial charge in [0.15, 0.2) is 6.61 Å². The fraction of sp³-hybridized carbons (Fsp3) is 0.500. The zero-order chi connectivity index (χ0) is 18.8. The molecule has 1 N–H and O–H groups in total. The normalized spacial score (nSPS) is 19.7. The van der Waals surface area contributed by atoms with Gasteiger partial charge in [0.05, 0.1) is 11.1 Å². The molecule has 4 rings (SSSR count). The second-order valence-corrected chi connectivity index (χ2v) is 7.90. The van der Waals surface area contributed by atoms with Crippen molar-refractivity contribution < 1.29 is 14.3 Å². The molecule has 2 aromatic rings. The van der Waals surface area contributed by atoms with Gasteiger partial charge in [0, 0.05) is 17.1 Å². The van der Waals surface area contributed by atoms with Crippen molar-refractivity contribution in [1.29, 1.82) is 0 Å². The first kappa shape index (κ1) is 18.0. The number of amides is 1. The number of aromatic nitrogens is 1. The molecular weight excluding hydrogens is 340 g/mol. The van der Waals surface area contributed by atoms with E-state index in [0.29, 0.717) is 11.5 Å². The van der Waals surface area contributed by atoms with Crippen LogP contribution in [0.2, 0.25) is 0 Å². The number of hydrogen-bond acceptors (Lipinski definition) is 4. The fourth-order valence-electron chi connectivity index (χ4n) is 4.34.